The zero-order chi connectivity index (χ0) is 10.7. The van der Waals surface area contributed by atoms with Crippen molar-refractivity contribution in [1.29, 1.82) is 0 Å². The molecule has 6 heteroatoms. The van der Waals surface area contributed by atoms with E-state index in [1.54, 1.807) is 0 Å². The standard InChI is InChI=1S/C8H8F2N2O2/c1-14-8-5(11)2-4(7(9)10)6(3-13)12-8/h2-3,7H,11H2,1H3. The number of aromatic nitrogens is 1. The number of carbonyl (C=O) groups excluding carboxylic acids is 1. The number of halogens is 2. The van der Waals surface area contributed by atoms with Crippen molar-refractivity contribution >= 4 is 12.0 Å². The van der Waals surface area contributed by atoms with Gasteiger partial charge in [-0.25, -0.2) is 13.8 Å². The third-order valence-electron chi connectivity index (χ3n) is 1.62. The van der Waals surface area contributed by atoms with Crippen molar-refractivity contribution in [1.82, 2.24) is 4.98 Å². The highest BCUT2D eigenvalue weighted by Crippen LogP contribution is 2.27. The second-order valence-corrected chi connectivity index (χ2v) is 2.48. The molecule has 0 aliphatic rings. The first kappa shape index (κ1) is 10.4. The van der Waals surface area contributed by atoms with Crippen LogP contribution in [0.3, 0.4) is 0 Å². The number of nitrogens with zero attached hydrogens (tertiary/aromatic N) is 1. The van der Waals surface area contributed by atoms with Crippen LogP contribution in [-0.2, 0) is 0 Å². The lowest BCUT2D eigenvalue weighted by atomic mass is 10.2. The first-order chi connectivity index (χ1) is 6.60. The Labute approximate surface area is 78.7 Å². The molecule has 1 heterocycles. The number of pyridine rings is 1. The monoisotopic (exact) mass is 202 g/mol. The highest BCUT2D eigenvalue weighted by atomic mass is 19.3. The Bertz CT molecular complexity index is 355. The normalized spacial score (nSPS) is 10.3. The first-order valence-corrected chi connectivity index (χ1v) is 3.68. The summed E-state index contributed by atoms with van der Waals surface area (Å²) in [4.78, 5) is 14.0. The van der Waals surface area contributed by atoms with Crippen molar-refractivity contribution in [2.45, 2.75) is 6.43 Å². The van der Waals surface area contributed by atoms with Crippen LogP contribution in [0, 0.1) is 0 Å². The van der Waals surface area contributed by atoms with Crippen LogP contribution in [-0.4, -0.2) is 18.4 Å². The molecule has 0 spiro atoms. The number of rotatable bonds is 3. The third-order valence-corrected chi connectivity index (χ3v) is 1.62. The fourth-order valence-corrected chi connectivity index (χ4v) is 0.974. The van der Waals surface area contributed by atoms with Crippen molar-refractivity contribution < 1.29 is 18.3 Å². The van der Waals surface area contributed by atoms with Crippen molar-refractivity contribution in [3.63, 3.8) is 0 Å². The number of methoxy groups -OCH3 is 1. The summed E-state index contributed by atoms with van der Waals surface area (Å²) in [7, 11) is 1.29. The zero-order valence-corrected chi connectivity index (χ0v) is 7.33. The van der Waals surface area contributed by atoms with Gasteiger partial charge in [0.15, 0.2) is 6.29 Å². The van der Waals surface area contributed by atoms with E-state index < -0.39 is 12.0 Å². The molecule has 1 aromatic rings. The molecule has 1 rings (SSSR count). The summed E-state index contributed by atoms with van der Waals surface area (Å²) in [5.74, 6) is -0.0310. The summed E-state index contributed by atoms with van der Waals surface area (Å²) in [5, 5.41) is 0. The fraction of sp³-hybridized carbons (Fsp3) is 0.250. The van der Waals surface area contributed by atoms with E-state index in [1.807, 2.05) is 0 Å². The van der Waals surface area contributed by atoms with Gasteiger partial charge in [-0.1, -0.05) is 0 Å². The maximum Gasteiger partial charge on any atom is 0.266 e. The fourth-order valence-electron chi connectivity index (χ4n) is 0.974. The van der Waals surface area contributed by atoms with E-state index in [9.17, 15) is 13.6 Å². The van der Waals surface area contributed by atoms with Crippen LogP contribution >= 0.6 is 0 Å². The largest absolute Gasteiger partial charge is 0.480 e. The van der Waals surface area contributed by atoms with E-state index in [4.69, 9.17) is 5.73 Å². The summed E-state index contributed by atoms with van der Waals surface area (Å²) in [6, 6.07) is 0.986. The lowest BCUT2D eigenvalue weighted by Gasteiger charge is -2.07. The Morgan fingerprint density at radius 2 is 2.29 bits per heavy atom. The number of ether oxygens (including phenoxy) is 1. The average molecular weight is 202 g/mol. The Kier molecular flexibility index (Phi) is 2.95. The van der Waals surface area contributed by atoms with Gasteiger partial charge in [-0.15, -0.1) is 0 Å². The number of carbonyl (C=O) groups is 1. The average Bonchev–Trinajstić information content (AvgIpc) is 2.17. The summed E-state index contributed by atoms with van der Waals surface area (Å²) < 4.78 is 29.4. The van der Waals surface area contributed by atoms with Crippen LogP contribution in [0.4, 0.5) is 14.5 Å². The highest BCUT2D eigenvalue weighted by Gasteiger charge is 2.17. The van der Waals surface area contributed by atoms with E-state index in [1.165, 1.54) is 7.11 Å². The van der Waals surface area contributed by atoms with Crippen LogP contribution in [0.1, 0.15) is 22.5 Å². The van der Waals surface area contributed by atoms with Crippen LogP contribution in [0.5, 0.6) is 5.88 Å². The van der Waals surface area contributed by atoms with Crippen molar-refractivity contribution in [3.05, 3.63) is 17.3 Å². The quantitative estimate of drug-likeness (QED) is 0.753. The van der Waals surface area contributed by atoms with E-state index in [0.29, 0.717) is 0 Å². The van der Waals surface area contributed by atoms with Gasteiger partial charge in [0, 0.05) is 5.56 Å². The van der Waals surface area contributed by atoms with Gasteiger partial charge in [-0.2, -0.15) is 0 Å². The van der Waals surface area contributed by atoms with Gasteiger partial charge in [0.25, 0.3) is 6.43 Å². The predicted octanol–water partition coefficient (Wildman–Crippen LogP) is 1.42. The second-order valence-electron chi connectivity index (χ2n) is 2.48. The maximum atomic E-state index is 12.3. The number of aldehydes is 1. The van der Waals surface area contributed by atoms with E-state index in [2.05, 4.69) is 9.72 Å². The predicted molar refractivity (Wildman–Crippen MR) is 45.5 cm³/mol. The topological polar surface area (TPSA) is 65.2 Å². The number of alkyl halides is 2. The number of nitrogen functional groups attached to an aromatic ring is 1. The summed E-state index contributed by atoms with van der Waals surface area (Å²) in [6.45, 7) is 0. The van der Waals surface area contributed by atoms with Gasteiger partial charge in [-0.3, -0.25) is 4.79 Å². The molecule has 0 amide bonds. The second kappa shape index (κ2) is 3.99. The Morgan fingerprint density at radius 1 is 1.64 bits per heavy atom. The van der Waals surface area contributed by atoms with E-state index >= 15 is 0 Å². The van der Waals surface area contributed by atoms with Gasteiger partial charge >= 0.3 is 0 Å². The number of anilines is 1. The lowest BCUT2D eigenvalue weighted by molar-refractivity contribution is 0.110. The zero-order valence-electron chi connectivity index (χ0n) is 7.33. The van der Waals surface area contributed by atoms with Crippen molar-refractivity contribution in [3.8, 4) is 5.88 Å². The summed E-state index contributed by atoms with van der Waals surface area (Å²) in [5.41, 5.74) is 4.49. The van der Waals surface area contributed by atoms with E-state index in [-0.39, 0.29) is 23.5 Å². The highest BCUT2D eigenvalue weighted by molar-refractivity contribution is 5.76. The van der Waals surface area contributed by atoms with Crippen molar-refractivity contribution in [2.24, 2.45) is 0 Å². The molecule has 0 aliphatic heterocycles. The molecule has 76 valence electrons. The summed E-state index contributed by atoms with van der Waals surface area (Å²) in [6.07, 6.45) is -2.54. The minimum absolute atomic E-state index is 0.0200. The number of nitrogens with two attached hydrogens (primary N) is 1. The molecule has 0 saturated heterocycles. The van der Waals surface area contributed by atoms with Gasteiger partial charge in [0.2, 0.25) is 5.88 Å². The Morgan fingerprint density at radius 3 is 2.71 bits per heavy atom. The van der Waals surface area contributed by atoms with Crippen LogP contribution < -0.4 is 10.5 Å². The third kappa shape index (κ3) is 1.78. The number of hydrogen-bond acceptors (Lipinski definition) is 4. The van der Waals surface area contributed by atoms with Crippen LogP contribution in [0.15, 0.2) is 6.07 Å². The molecule has 0 aliphatic carbocycles. The molecule has 1 aromatic heterocycles. The first-order valence-electron chi connectivity index (χ1n) is 3.68. The molecule has 0 atom stereocenters. The minimum Gasteiger partial charge on any atom is -0.480 e. The SMILES string of the molecule is COc1nc(C=O)c(C(F)F)cc1N. The molecule has 4 nitrogen and oxygen atoms in total. The molecule has 0 bridgehead atoms. The molecule has 14 heavy (non-hydrogen) atoms. The molecule has 2 N–H and O–H groups in total. The Balaban J connectivity index is 3.31. The molecule has 0 radical (unpaired) electrons. The molecule has 0 aromatic carbocycles. The maximum absolute atomic E-state index is 12.3. The smallest absolute Gasteiger partial charge is 0.266 e. The van der Waals surface area contributed by atoms with Gasteiger partial charge in [-0.05, 0) is 6.07 Å². The minimum atomic E-state index is -2.78. The number of hydrogen-bond donors (Lipinski definition) is 1. The van der Waals surface area contributed by atoms with Gasteiger partial charge in [0.05, 0.1) is 12.8 Å². The van der Waals surface area contributed by atoms with Crippen LogP contribution in [0.25, 0.3) is 0 Å². The van der Waals surface area contributed by atoms with Crippen LogP contribution in [0.2, 0.25) is 0 Å². The van der Waals surface area contributed by atoms with Gasteiger partial charge < -0.3 is 10.5 Å². The Hall–Kier alpha value is -1.72. The van der Waals surface area contributed by atoms with E-state index in [0.717, 1.165) is 6.07 Å². The molecular weight excluding hydrogens is 194 g/mol. The molecule has 0 fully saturated rings. The summed E-state index contributed by atoms with van der Waals surface area (Å²) >= 11 is 0. The van der Waals surface area contributed by atoms with Gasteiger partial charge in [0.1, 0.15) is 5.69 Å². The molecule has 0 saturated carbocycles. The molecular formula is C8H8F2N2O2. The lowest BCUT2D eigenvalue weighted by Crippen LogP contribution is -2.03. The van der Waals surface area contributed by atoms with Crippen molar-refractivity contribution in [2.75, 3.05) is 12.8 Å². The molecule has 0 unspecified atom stereocenters.